The molecule has 6 nitrogen and oxygen atoms in total. The minimum absolute atomic E-state index is 0. The molecular weight excluding hydrogens is 415 g/mol. The average Bonchev–Trinajstić information content (AvgIpc) is 2.69. The van der Waals surface area contributed by atoms with E-state index in [1.807, 2.05) is 37.4 Å². The summed E-state index contributed by atoms with van der Waals surface area (Å²) in [4.78, 5) is 4.37. The zero-order valence-corrected chi connectivity index (χ0v) is 18.5. The number of pyridine rings is 1. The molecule has 0 aliphatic rings. The Kier molecular flexibility index (Phi) is 9.14. The van der Waals surface area contributed by atoms with Gasteiger partial charge in [0.1, 0.15) is 5.75 Å². The molecule has 0 saturated carbocycles. The quantitative estimate of drug-likeness (QED) is 0.537. The van der Waals surface area contributed by atoms with Gasteiger partial charge in [-0.15, -0.1) is 24.8 Å². The normalized spacial score (nSPS) is 9.93. The molecule has 3 rings (SSSR count). The lowest BCUT2D eigenvalue weighted by atomic mass is 9.99. The van der Waals surface area contributed by atoms with Crippen molar-refractivity contribution in [2.75, 3.05) is 33.7 Å². The molecule has 158 valence electrons. The van der Waals surface area contributed by atoms with Crippen LogP contribution in [0.5, 0.6) is 23.0 Å². The van der Waals surface area contributed by atoms with Crippen molar-refractivity contribution in [3.05, 3.63) is 47.8 Å². The molecule has 0 spiro atoms. The molecule has 0 amide bonds. The SMILES string of the molecule is CCOc1ccc2c(Cc3cc(OC)c(OC)c(OC)c3)cncc2c1N.Cl.Cl. The molecule has 29 heavy (non-hydrogen) atoms. The first-order valence-electron chi connectivity index (χ1n) is 8.69. The van der Waals surface area contributed by atoms with Crippen molar-refractivity contribution in [2.45, 2.75) is 13.3 Å². The number of rotatable bonds is 7. The number of halogens is 2. The number of nitrogens with zero attached hydrogens (tertiary/aromatic N) is 1. The van der Waals surface area contributed by atoms with E-state index in [-0.39, 0.29) is 24.8 Å². The monoisotopic (exact) mass is 440 g/mol. The molecular formula is C21H26Cl2N2O4. The molecule has 2 aromatic carbocycles. The molecule has 0 fully saturated rings. The van der Waals surface area contributed by atoms with E-state index in [1.165, 1.54) is 0 Å². The number of aromatic nitrogens is 1. The number of hydrogen-bond donors (Lipinski definition) is 1. The Hall–Kier alpha value is -2.57. The topological polar surface area (TPSA) is 75.8 Å². The van der Waals surface area contributed by atoms with Gasteiger partial charge in [-0.3, -0.25) is 4.98 Å². The number of hydrogen-bond acceptors (Lipinski definition) is 6. The molecule has 8 heteroatoms. The summed E-state index contributed by atoms with van der Waals surface area (Å²) >= 11 is 0. The van der Waals surface area contributed by atoms with Crippen LogP contribution in [-0.4, -0.2) is 32.9 Å². The minimum Gasteiger partial charge on any atom is -0.493 e. The van der Waals surface area contributed by atoms with Crippen LogP contribution in [0.1, 0.15) is 18.1 Å². The van der Waals surface area contributed by atoms with Crippen molar-refractivity contribution in [1.82, 2.24) is 4.98 Å². The van der Waals surface area contributed by atoms with E-state index in [9.17, 15) is 0 Å². The summed E-state index contributed by atoms with van der Waals surface area (Å²) in [5.41, 5.74) is 8.95. The van der Waals surface area contributed by atoms with Crippen molar-refractivity contribution in [3.8, 4) is 23.0 Å². The van der Waals surface area contributed by atoms with Gasteiger partial charge in [-0.1, -0.05) is 6.07 Å². The first-order chi connectivity index (χ1) is 13.1. The molecule has 0 aliphatic carbocycles. The smallest absolute Gasteiger partial charge is 0.203 e. The van der Waals surface area contributed by atoms with Crippen LogP contribution in [0, 0.1) is 0 Å². The van der Waals surface area contributed by atoms with E-state index in [1.54, 1.807) is 27.5 Å². The van der Waals surface area contributed by atoms with Gasteiger partial charge in [-0.2, -0.15) is 0 Å². The van der Waals surface area contributed by atoms with Gasteiger partial charge in [-0.25, -0.2) is 0 Å². The Morgan fingerprint density at radius 3 is 2.07 bits per heavy atom. The maximum atomic E-state index is 6.27. The maximum absolute atomic E-state index is 6.27. The van der Waals surface area contributed by atoms with Crippen molar-refractivity contribution in [3.63, 3.8) is 0 Å². The maximum Gasteiger partial charge on any atom is 0.203 e. The third kappa shape index (κ3) is 4.89. The van der Waals surface area contributed by atoms with Crippen LogP contribution in [0.15, 0.2) is 36.7 Å². The first-order valence-corrected chi connectivity index (χ1v) is 8.69. The highest BCUT2D eigenvalue weighted by atomic mass is 35.5. The molecule has 2 N–H and O–H groups in total. The molecule has 3 aromatic rings. The largest absolute Gasteiger partial charge is 0.493 e. The average molecular weight is 441 g/mol. The van der Waals surface area contributed by atoms with E-state index in [4.69, 9.17) is 24.7 Å². The highest BCUT2D eigenvalue weighted by molar-refractivity contribution is 5.97. The van der Waals surface area contributed by atoms with E-state index in [0.29, 0.717) is 41.7 Å². The van der Waals surface area contributed by atoms with Gasteiger partial charge in [0.25, 0.3) is 0 Å². The summed E-state index contributed by atoms with van der Waals surface area (Å²) in [6, 6.07) is 7.81. The Bertz CT molecular complexity index is 942. The summed E-state index contributed by atoms with van der Waals surface area (Å²) in [6.45, 7) is 2.50. The second kappa shape index (κ2) is 10.8. The fraction of sp³-hybridized carbons (Fsp3) is 0.286. The molecule has 1 heterocycles. The van der Waals surface area contributed by atoms with Gasteiger partial charge < -0.3 is 24.7 Å². The predicted octanol–water partition coefficient (Wildman–Crippen LogP) is 4.68. The summed E-state index contributed by atoms with van der Waals surface area (Å²) in [7, 11) is 4.81. The van der Waals surface area contributed by atoms with Gasteiger partial charge in [0.2, 0.25) is 5.75 Å². The van der Waals surface area contributed by atoms with Crippen molar-refractivity contribution in [2.24, 2.45) is 0 Å². The summed E-state index contributed by atoms with van der Waals surface area (Å²) in [5, 5.41) is 1.92. The second-order valence-electron chi connectivity index (χ2n) is 6.01. The Balaban J connectivity index is 0.00000210. The van der Waals surface area contributed by atoms with Gasteiger partial charge in [0.15, 0.2) is 11.5 Å². The van der Waals surface area contributed by atoms with E-state index >= 15 is 0 Å². The van der Waals surface area contributed by atoms with Crippen molar-refractivity contribution >= 4 is 41.3 Å². The van der Waals surface area contributed by atoms with Crippen molar-refractivity contribution in [1.29, 1.82) is 0 Å². The fourth-order valence-corrected chi connectivity index (χ4v) is 3.19. The van der Waals surface area contributed by atoms with Crippen LogP contribution < -0.4 is 24.7 Å². The lowest BCUT2D eigenvalue weighted by molar-refractivity contribution is 0.324. The zero-order valence-electron chi connectivity index (χ0n) is 16.9. The van der Waals surface area contributed by atoms with Crippen LogP contribution in [0.4, 0.5) is 5.69 Å². The molecule has 1 aromatic heterocycles. The van der Waals surface area contributed by atoms with Crippen molar-refractivity contribution < 1.29 is 18.9 Å². The van der Waals surface area contributed by atoms with Crippen LogP contribution >= 0.6 is 24.8 Å². The number of anilines is 1. The van der Waals surface area contributed by atoms with Gasteiger partial charge in [-0.05, 0) is 48.1 Å². The Labute approximate surface area is 183 Å². The molecule has 0 aliphatic heterocycles. The second-order valence-corrected chi connectivity index (χ2v) is 6.01. The van der Waals surface area contributed by atoms with Gasteiger partial charge >= 0.3 is 0 Å². The first kappa shape index (κ1) is 24.5. The third-order valence-corrected chi connectivity index (χ3v) is 4.45. The summed E-state index contributed by atoms with van der Waals surface area (Å²) in [5.74, 6) is 2.50. The third-order valence-electron chi connectivity index (χ3n) is 4.45. The number of ether oxygens (including phenoxy) is 4. The number of benzene rings is 2. The van der Waals surface area contributed by atoms with E-state index < -0.39 is 0 Å². The highest BCUT2D eigenvalue weighted by Crippen LogP contribution is 2.39. The number of nitrogen functional groups attached to an aromatic ring is 1. The zero-order chi connectivity index (χ0) is 19.4. The van der Waals surface area contributed by atoms with Crippen LogP contribution in [0.3, 0.4) is 0 Å². The summed E-state index contributed by atoms with van der Waals surface area (Å²) in [6.07, 6.45) is 4.27. The van der Waals surface area contributed by atoms with E-state index in [0.717, 1.165) is 21.9 Å². The van der Waals surface area contributed by atoms with Crippen LogP contribution in [-0.2, 0) is 6.42 Å². The number of fused-ring (bicyclic) bond motifs is 1. The predicted molar refractivity (Wildman–Crippen MR) is 121 cm³/mol. The number of methoxy groups -OCH3 is 3. The molecule has 0 radical (unpaired) electrons. The minimum atomic E-state index is 0. The Morgan fingerprint density at radius 2 is 1.52 bits per heavy atom. The number of nitrogens with two attached hydrogens (primary N) is 1. The molecule has 0 unspecified atom stereocenters. The van der Waals surface area contributed by atoms with E-state index in [2.05, 4.69) is 4.98 Å². The molecule has 0 bridgehead atoms. The lowest BCUT2D eigenvalue weighted by Crippen LogP contribution is -2.00. The molecule has 0 atom stereocenters. The van der Waals surface area contributed by atoms with Crippen LogP contribution in [0.25, 0.3) is 10.8 Å². The van der Waals surface area contributed by atoms with Crippen LogP contribution in [0.2, 0.25) is 0 Å². The van der Waals surface area contributed by atoms with Gasteiger partial charge in [0.05, 0.1) is 33.6 Å². The highest BCUT2D eigenvalue weighted by Gasteiger charge is 2.15. The molecule has 0 saturated heterocycles. The Morgan fingerprint density at radius 1 is 0.862 bits per heavy atom. The standard InChI is InChI=1S/C21H24N2O4.2ClH/c1-5-27-17-7-6-15-14(11-23-12-16(15)20(17)22)8-13-9-18(24-2)21(26-4)19(10-13)25-3;;/h6-7,9-12H,5,8,22H2,1-4H3;2*1H. The summed E-state index contributed by atoms with van der Waals surface area (Å²) < 4.78 is 21.9. The lowest BCUT2D eigenvalue weighted by Gasteiger charge is -2.15. The van der Waals surface area contributed by atoms with Gasteiger partial charge in [0, 0.05) is 17.8 Å². The fourth-order valence-electron chi connectivity index (χ4n) is 3.19.